The van der Waals surface area contributed by atoms with Gasteiger partial charge in [0.1, 0.15) is 5.76 Å². The Bertz CT molecular complexity index is 387. The van der Waals surface area contributed by atoms with E-state index in [2.05, 4.69) is 60.5 Å². The molecule has 2 rings (SSSR count). The first-order valence-corrected chi connectivity index (χ1v) is 9.18. The molecule has 1 aliphatic carbocycles. The maximum atomic E-state index is 5.14. The average molecular weight is 343 g/mol. The molecule has 0 N–H and O–H groups in total. The molecule has 24 heavy (non-hydrogen) atoms. The van der Waals surface area contributed by atoms with E-state index in [9.17, 15) is 0 Å². The Morgan fingerprint density at radius 3 is 1.54 bits per heavy atom. The van der Waals surface area contributed by atoms with E-state index < -0.39 is 0 Å². The van der Waals surface area contributed by atoms with Crippen LogP contribution < -0.4 is 0 Å². The molecule has 0 aromatic carbocycles. The van der Waals surface area contributed by atoms with Gasteiger partial charge in [-0.25, -0.2) is 0 Å². The third kappa shape index (κ3) is 7.85. The normalized spacial score (nSPS) is 20.0. The zero-order valence-electron chi connectivity index (χ0n) is 16.0. The second-order valence-electron chi connectivity index (χ2n) is 8.28. The number of hydrogen-bond donors (Lipinski definition) is 0. The molecule has 146 valence electrons. The Kier molecular flexibility index (Phi) is 12.4. The van der Waals surface area contributed by atoms with Crippen LogP contribution in [0.3, 0.4) is 0 Å². The Morgan fingerprint density at radius 2 is 1.33 bits per heavy atom. The van der Waals surface area contributed by atoms with Crippen LogP contribution in [0.5, 0.6) is 0 Å². The standard InChI is InChI=1S/C11H22.C9H15NO.2CH4.H2/c1-8(2)10-5-6-11(7-10)9(3)4;1-6(2)8-5-9(7(3)4)11-10-8;;;/h8-11H,5-7H2,1-4H3;5-7H,1-4H3;2*1H4;1H/i;;;;1+1. The molecular weight excluding hydrogens is 294 g/mol. The van der Waals surface area contributed by atoms with E-state index in [1.165, 1.54) is 19.3 Å². The smallest absolute Gasteiger partial charge is 0.139 e. The van der Waals surface area contributed by atoms with E-state index in [0.29, 0.717) is 11.8 Å². The molecule has 2 unspecified atom stereocenters. The third-order valence-corrected chi connectivity index (χ3v) is 5.11. The quantitative estimate of drug-likeness (QED) is 0.551. The SMILES string of the molecule is C.C.CC(C)C1CCC(C(C)C)C1.CC(C)c1cc(C(C)C)on1.[2HH]. The minimum Gasteiger partial charge on any atom is -0.361 e. The molecule has 0 aliphatic heterocycles. The van der Waals surface area contributed by atoms with Crippen molar-refractivity contribution in [2.45, 2.75) is 101 Å². The topological polar surface area (TPSA) is 26.0 Å². The summed E-state index contributed by atoms with van der Waals surface area (Å²) in [4.78, 5) is 0. The van der Waals surface area contributed by atoms with Crippen LogP contribution in [-0.4, -0.2) is 5.16 Å². The van der Waals surface area contributed by atoms with Crippen LogP contribution in [0.2, 0.25) is 0 Å². The van der Waals surface area contributed by atoms with E-state index in [-0.39, 0.29) is 16.3 Å². The highest BCUT2D eigenvalue weighted by molar-refractivity contribution is 5.11. The summed E-state index contributed by atoms with van der Waals surface area (Å²) in [6.45, 7) is 17.9. The van der Waals surface area contributed by atoms with E-state index in [0.717, 1.165) is 35.1 Å². The molecule has 0 radical (unpaired) electrons. The van der Waals surface area contributed by atoms with Gasteiger partial charge in [0.05, 0.1) is 5.69 Å². The van der Waals surface area contributed by atoms with E-state index in [4.69, 9.17) is 4.52 Å². The van der Waals surface area contributed by atoms with Crippen LogP contribution >= 0.6 is 0 Å². The predicted molar refractivity (Wildman–Crippen MR) is 111 cm³/mol. The van der Waals surface area contributed by atoms with Crippen molar-refractivity contribution in [3.8, 4) is 0 Å². The van der Waals surface area contributed by atoms with Crippen molar-refractivity contribution in [2.24, 2.45) is 23.7 Å². The van der Waals surface area contributed by atoms with Crippen LogP contribution in [0.15, 0.2) is 10.6 Å². The van der Waals surface area contributed by atoms with Gasteiger partial charge in [-0.1, -0.05) is 75.4 Å². The fraction of sp³-hybridized carbons (Fsp3) is 0.864. The minimum atomic E-state index is 0. The van der Waals surface area contributed by atoms with Gasteiger partial charge in [0.25, 0.3) is 0 Å². The van der Waals surface area contributed by atoms with Crippen molar-refractivity contribution in [2.75, 3.05) is 0 Å². The lowest BCUT2D eigenvalue weighted by atomic mass is 9.89. The highest BCUT2D eigenvalue weighted by atomic mass is 16.5. The zero-order valence-corrected chi connectivity index (χ0v) is 16.0. The van der Waals surface area contributed by atoms with E-state index in [1.807, 2.05) is 6.07 Å². The summed E-state index contributed by atoms with van der Waals surface area (Å²) in [7, 11) is 0. The van der Waals surface area contributed by atoms with Gasteiger partial charge < -0.3 is 4.52 Å². The summed E-state index contributed by atoms with van der Waals surface area (Å²) in [5, 5.41) is 3.96. The highest BCUT2D eigenvalue weighted by Gasteiger charge is 2.28. The fourth-order valence-corrected chi connectivity index (χ4v) is 3.11. The molecule has 1 aromatic heterocycles. The highest BCUT2D eigenvalue weighted by Crippen LogP contribution is 2.39. The Labute approximate surface area is 154 Å². The molecule has 1 heterocycles. The second kappa shape index (κ2) is 11.7. The third-order valence-electron chi connectivity index (χ3n) is 5.11. The number of rotatable bonds is 4. The van der Waals surface area contributed by atoms with Gasteiger partial charge in [0, 0.05) is 13.4 Å². The first-order chi connectivity index (χ1) is 10.2. The first-order valence-electron chi connectivity index (χ1n) is 9.18. The minimum absolute atomic E-state index is 0. The van der Waals surface area contributed by atoms with Gasteiger partial charge in [-0.05, 0) is 48.9 Å². The molecule has 2 atom stereocenters. The van der Waals surface area contributed by atoms with Crippen LogP contribution in [0, 0.1) is 23.7 Å². The van der Waals surface area contributed by atoms with Crippen molar-refractivity contribution in [1.29, 1.82) is 0 Å². The number of hydrogen-bond acceptors (Lipinski definition) is 2. The lowest BCUT2D eigenvalue weighted by Gasteiger charge is -2.16. The summed E-state index contributed by atoms with van der Waals surface area (Å²) in [5.41, 5.74) is 1.05. The van der Waals surface area contributed by atoms with Crippen LogP contribution in [-0.2, 0) is 0 Å². The lowest BCUT2D eigenvalue weighted by Crippen LogP contribution is -2.07. The predicted octanol–water partition coefficient (Wildman–Crippen LogP) is 8.15. The molecule has 2 nitrogen and oxygen atoms in total. The van der Waals surface area contributed by atoms with Gasteiger partial charge in [-0.15, -0.1) is 0 Å². The van der Waals surface area contributed by atoms with Crippen LogP contribution in [0.25, 0.3) is 0 Å². The van der Waals surface area contributed by atoms with Crippen molar-refractivity contribution in [3.63, 3.8) is 0 Å². The second-order valence-corrected chi connectivity index (χ2v) is 8.28. The van der Waals surface area contributed by atoms with Crippen LogP contribution in [0.4, 0.5) is 0 Å². The number of nitrogens with zero attached hydrogens (tertiary/aromatic N) is 1. The summed E-state index contributed by atoms with van der Waals surface area (Å²) < 4.78 is 5.14. The van der Waals surface area contributed by atoms with Crippen molar-refractivity contribution in [3.05, 3.63) is 17.5 Å². The van der Waals surface area contributed by atoms with Crippen LogP contribution in [0.1, 0.15) is 114 Å². The summed E-state index contributed by atoms with van der Waals surface area (Å²) in [6.07, 6.45) is 4.47. The molecule has 1 saturated carbocycles. The lowest BCUT2D eigenvalue weighted by molar-refractivity contribution is 0.340. The molecule has 0 spiro atoms. The maximum Gasteiger partial charge on any atom is 0.139 e. The average Bonchev–Trinajstić information content (AvgIpc) is 3.09. The Morgan fingerprint density at radius 1 is 0.875 bits per heavy atom. The summed E-state index contributed by atoms with van der Waals surface area (Å²) >= 11 is 0. The molecular formula is C22H47NO. The Hall–Kier alpha value is -0.790. The van der Waals surface area contributed by atoms with E-state index >= 15 is 0 Å². The van der Waals surface area contributed by atoms with Crippen molar-refractivity contribution < 1.29 is 5.95 Å². The van der Waals surface area contributed by atoms with Gasteiger partial charge in [0.2, 0.25) is 0 Å². The molecule has 2 heteroatoms. The van der Waals surface area contributed by atoms with Crippen molar-refractivity contribution in [1.82, 2.24) is 5.16 Å². The van der Waals surface area contributed by atoms with Crippen molar-refractivity contribution >= 4 is 0 Å². The molecule has 1 aliphatic rings. The first kappa shape index (κ1) is 25.5. The molecule has 1 fully saturated rings. The summed E-state index contributed by atoms with van der Waals surface area (Å²) in [6, 6.07) is 2.04. The van der Waals surface area contributed by atoms with Gasteiger partial charge in [-0.2, -0.15) is 0 Å². The summed E-state index contributed by atoms with van der Waals surface area (Å²) in [5.74, 6) is 5.78. The molecule has 0 bridgehead atoms. The van der Waals surface area contributed by atoms with Gasteiger partial charge in [0.15, 0.2) is 0 Å². The monoisotopic (exact) mass is 342 g/mol. The van der Waals surface area contributed by atoms with E-state index in [1.54, 1.807) is 0 Å². The van der Waals surface area contributed by atoms with Gasteiger partial charge in [-0.3, -0.25) is 0 Å². The van der Waals surface area contributed by atoms with Gasteiger partial charge >= 0.3 is 0 Å². The molecule has 0 amide bonds. The fourth-order valence-electron chi connectivity index (χ4n) is 3.11. The molecule has 1 aromatic rings. The zero-order chi connectivity index (χ0) is 16.9. The molecule has 0 saturated heterocycles. The largest absolute Gasteiger partial charge is 0.361 e. The maximum absolute atomic E-state index is 5.14. The Balaban J connectivity index is -0.000000346. The number of aromatic nitrogens is 1.